The summed E-state index contributed by atoms with van der Waals surface area (Å²) in [6, 6.07) is 106. The van der Waals surface area contributed by atoms with Gasteiger partial charge in [0.25, 0.3) is 0 Å². The molecule has 100 heavy (non-hydrogen) atoms. The molecular formula is C93H90N4O3. The first kappa shape index (κ1) is 68.9. The summed E-state index contributed by atoms with van der Waals surface area (Å²) in [5.74, 6) is 0. The molecule has 7 heteroatoms. The minimum atomic E-state index is 0.600. The average Bonchev–Trinajstić information content (AvgIpc) is 0.785. The first-order chi connectivity index (χ1) is 49.1. The van der Waals surface area contributed by atoms with E-state index in [2.05, 4.69) is 351 Å². The number of aryl methyl sites for hydroxylation is 6. The molecule has 0 fully saturated rings. The van der Waals surface area contributed by atoms with Gasteiger partial charge in [-0.3, -0.25) is 0 Å². The minimum absolute atomic E-state index is 0.600. The molecule has 0 unspecified atom stereocenters. The number of ether oxygens (including phenoxy) is 3. The summed E-state index contributed by atoms with van der Waals surface area (Å²) < 4.78 is 18.3. The van der Waals surface area contributed by atoms with E-state index < -0.39 is 0 Å². The fourth-order valence-electron chi connectivity index (χ4n) is 12.7. The second-order valence-corrected chi connectivity index (χ2v) is 25.7. The maximum absolute atomic E-state index is 6.10. The summed E-state index contributed by atoms with van der Waals surface area (Å²) in [6.45, 7) is 22.0. The molecule has 7 nitrogen and oxygen atoms in total. The number of hydrogen-bond donors (Lipinski definition) is 0. The molecule has 0 aromatic heterocycles. The van der Waals surface area contributed by atoms with Crippen molar-refractivity contribution in [2.24, 2.45) is 0 Å². The molecule has 500 valence electrons. The first-order valence-electron chi connectivity index (χ1n) is 35.0. The molecule has 0 atom stereocenters. The molecule has 0 aliphatic carbocycles. The zero-order chi connectivity index (χ0) is 68.8. The summed E-state index contributed by atoms with van der Waals surface area (Å²) in [7, 11) is 0. The van der Waals surface area contributed by atoms with Gasteiger partial charge in [0.2, 0.25) is 0 Å². The Bertz CT molecular complexity index is 4100. The molecule has 0 heterocycles. The van der Waals surface area contributed by atoms with Gasteiger partial charge in [-0.05, 0) is 272 Å². The van der Waals surface area contributed by atoms with Crippen LogP contribution in [0.25, 0.3) is 18.2 Å². The second-order valence-electron chi connectivity index (χ2n) is 25.7. The van der Waals surface area contributed by atoms with E-state index in [-0.39, 0.29) is 0 Å². The Labute approximate surface area is 593 Å². The molecule has 0 aliphatic heterocycles. The van der Waals surface area contributed by atoms with E-state index in [4.69, 9.17) is 14.2 Å². The van der Waals surface area contributed by atoms with Crippen molar-refractivity contribution in [3.05, 3.63) is 378 Å². The highest BCUT2D eigenvalue weighted by Gasteiger charge is 2.21. The summed E-state index contributed by atoms with van der Waals surface area (Å²) in [4.78, 5) is 9.44. The highest BCUT2D eigenvalue weighted by molar-refractivity contribution is 5.85. The van der Waals surface area contributed by atoms with Crippen molar-refractivity contribution in [3.8, 4) is 0 Å². The Kier molecular flexibility index (Phi) is 23.7. The third kappa shape index (κ3) is 18.4. The summed E-state index contributed by atoms with van der Waals surface area (Å²) in [5.41, 5.74) is 27.1. The van der Waals surface area contributed by atoms with Crippen molar-refractivity contribution >= 4 is 86.5 Å². The van der Waals surface area contributed by atoms with E-state index in [0.717, 1.165) is 123 Å². The zero-order valence-corrected chi connectivity index (χ0v) is 58.1. The van der Waals surface area contributed by atoms with E-state index >= 15 is 0 Å². The van der Waals surface area contributed by atoms with Gasteiger partial charge in [-0.2, -0.15) is 0 Å². The molecule has 0 aliphatic rings. The van der Waals surface area contributed by atoms with Crippen LogP contribution < -0.4 is 19.6 Å². The lowest BCUT2D eigenvalue weighted by atomic mass is 10.1. The molecule has 0 bridgehead atoms. The van der Waals surface area contributed by atoms with Crippen LogP contribution in [0.5, 0.6) is 0 Å². The molecule has 0 N–H and O–H groups in total. The predicted octanol–water partition coefficient (Wildman–Crippen LogP) is 24.9. The van der Waals surface area contributed by atoms with Crippen molar-refractivity contribution in [3.63, 3.8) is 0 Å². The summed E-state index contributed by atoms with van der Waals surface area (Å²) >= 11 is 0. The lowest BCUT2D eigenvalue weighted by Gasteiger charge is -2.30. The Hall–Kier alpha value is -11.1. The van der Waals surface area contributed by atoms with E-state index in [9.17, 15) is 0 Å². The highest BCUT2D eigenvalue weighted by Crippen LogP contribution is 2.44. The number of anilines is 12. The Morgan fingerprint density at radius 2 is 0.440 bits per heavy atom. The molecule has 12 aromatic rings. The van der Waals surface area contributed by atoms with Gasteiger partial charge < -0.3 is 33.8 Å². The average molecular weight is 1310 g/mol. The van der Waals surface area contributed by atoms with Gasteiger partial charge in [0, 0.05) is 88.1 Å². The number of nitrogens with zero attached hydrogens (tertiary/aromatic N) is 4. The first-order valence-corrected chi connectivity index (χ1v) is 35.0. The van der Waals surface area contributed by atoms with Crippen LogP contribution in [0.15, 0.2) is 311 Å². The summed E-state index contributed by atoms with van der Waals surface area (Å²) in [6.07, 6.45) is 11.2. The molecular weight excluding hydrogens is 1220 g/mol. The smallest absolute Gasteiger partial charge is 0.0716 e. The van der Waals surface area contributed by atoms with Crippen LogP contribution in [0, 0.1) is 20.8 Å². The highest BCUT2D eigenvalue weighted by atomic mass is 16.5. The Morgan fingerprint density at radius 1 is 0.240 bits per heavy atom. The van der Waals surface area contributed by atoms with Gasteiger partial charge in [-0.25, -0.2) is 0 Å². The molecule has 0 spiro atoms. The quantitative estimate of drug-likeness (QED) is 0.0380. The standard InChI is InChI=1S/C93H90N4O3/c1-7-73-25-31-79(32-26-73)67-98-61-13-19-76-37-43-82(44-38-76)95(91-22-10-16-70(4)64-91)88-55-49-85(50-56-88)94(86-51-57-89(58-52-86)96(92-23-11-17-71(5)65-92)83-45-39-77(40-46-83)20-14-62-99-68-80-33-27-74(8-2)28-34-80)87-53-59-90(60-54-87)97(93-24-12-18-72(6)66-93)84-47-41-78(42-48-84)21-15-63-100-69-81-35-29-75(9-3)30-36-81/h7-12,16-18,22-60,64-66H,1-3,13-15,19-21,61-63,67-69H2,4-6H3. The maximum Gasteiger partial charge on any atom is 0.0716 e. The van der Waals surface area contributed by atoms with E-state index in [1.54, 1.807) is 0 Å². The van der Waals surface area contributed by atoms with Gasteiger partial charge in [-0.1, -0.05) is 184 Å². The number of benzene rings is 12. The van der Waals surface area contributed by atoms with Gasteiger partial charge in [-0.15, -0.1) is 0 Å². The fraction of sp³-hybridized carbons (Fsp3) is 0.161. The molecule has 0 radical (unpaired) electrons. The van der Waals surface area contributed by atoms with Gasteiger partial charge >= 0.3 is 0 Å². The van der Waals surface area contributed by atoms with Crippen molar-refractivity contribution in [1.29, 1.82) is 0 Å². The van der Waals surface area contributed by atoms with Crippen LogP contribution in [0.2, 0.25) is 0 Å². The monoisotopic (exact) mass is 1310 g/mol. The number of rotatable bonds is 33. The van der Waals surface area contributed by atoms with Crippen LogP contribution in [0.1, 0.15) is 86.0 Å². The fourth-order valence-corrected chi connectivity index (χ4v) is 12.7. The normalized spacial score (nSPS) is 11.1. The SMILES string of the molecule is C=Cc1ccc(COCCCc2ccc(N(c3ccc(N(c4ccc(N(c5ccc(CCCOCc6ccc(C=C)cc6)cc5)c5cccc(C)c5)cc4)c4ccc(N(c5ccc(CCCOCc6ccc(C=C)cc6)cc5)c5cccc(C)c5)cc4)cc3)c3cccc(C)c3)cc2)cc1. The van der Waals surface area contributed by atoms with Crippen LogP contribution in [0.3, 0.4) is 0 Å². The third-order valence-corrected chi connectivity index (χ3v) is 18.2. The van der Waals surface area contributed by atoms with Crippen molar-refractivity contribution in [1.82, 2.24) is 0 Å². The predicted molar refractivity (Wildman–Crippen MR) is 423 cm³/mol. The van der Waals surface area contributed by atoms with Gasteiger partial charge in [0.05, 0.1) is 19.8 Å². The molecule has 0 saturated heterocycles. The van der Waals surface area contributed by atoms with Crippen molar-refractivity contribution in [2.75, 3.05) is 39.4 Å². The maximum atomic E-state index is 6.10. The van der Waals surface area contributed by atoms with Crippen molar-refractivity contribution < 1.29 is 14.2 Å². The zero-order valence-electron chi connectivity index (χ0n) is 58.1. The molecule has 0 amide bonds. The van der Waals surface area contributed by atoms with E-state index in [0.29, 0.717) is 39.6 Å². The largest absolute Gasteiger partial charge is 0.377 e. The molecule has 12 rings (SSSR count). The molecule has 0 saturated carbocycles. The Morgan fingerprint density at radius 3 is 0.650 bits per heavy atom. The molecule has 12 aromatic carbocycles. The summed E-state index contributed by atoms with van der Waals surface area (Å²) in [5, 5.41) is 0. The van der Waals surface area contributed by atoms with Crippen LogP contribution in [0.4, 0.5) is 68.2 Å². The van der Waals surface area contributed by atoms with Crippen LogP contribution in [-0.2, 0) is 53.3 Å². The van der Waals surface area contributed by atoms with Crippen molar-refractivity contribution in [2.45, 2.75) is 79.1 Å². The third-order valence-electron chi connectivity index (χ3n) is 18.2. The Balaban J connectivity index is 0.823. The lowest BCUT2D eigenvalue weighted by Crippen LogP contribution is -2.14. The van der Waals surface area contributed by atoms with Gasteiger partial charge in [0.1, 0.15) is 0 Å². The second kappa shape index (κ2) is 34.4. The van der Waals surface area contributed by atoms with E-state index in [1.165, 1.54) is 50.1 Å². The number of hydrogen-bond acceptors (Lipinski definition) is 7. The van der Waals surface area contributed by atoms with Crippen LogP contribution in [-0.4, -0.2) is 19.8 Å². The topological polar surface area (TPSA) is 40.7 Å². The van der Waals surface area contributed by atoms with E-state index in [1.807, 2.05) is 18.2 Å². The van der Waals surface area contributed by atoms with Crippen LogP contribution >= 0.6 is 0 Å². The minimum Gasteiger partial charge on any atom is -0.377 e. The lowest BCUT2D eigenvalue weighted by molar-refractivity contribution is 0.118. The van der Waals surface area contributed by atoms with Gasteiger partial charge in [0.15, 0.2) is 0 Å².